The molecule has 2 amide bonds. The number of nitrogens with zero attached hydrogens (tertiary/aromatic N) is 2. The number of hydrogen-bond acceptors (Lipinski definition) is 3. The molecular formula is C33H36N4O2. The number of nitrogens with one attached hydrogen (secondary N) is 2. The van der Waals surface area contributed by atoms with E-state index in [2.05, 4.69) is 49.3 Å². The number of ether oxygens (including phenoxy) is 1. The van der Waals surface area contributed by atoms with Crippen molar-refractivity contribution in [2.24, 2.45) is 5.92 Å². The predicted octanol–water partition coefficient (Wildman–Crippen LogP) is 7.44. The molecule has 6 heteroatoms. The van der Waals surface area contributed by atoms with Crippen molar-refractivity contribution < 1.29 is 9.53 Å². The maximum absolute atomic E-state index is 13.3. The molecule has 3 aromatic carbocycles. The number of hydrogen-bond donors (Lipinski definition) is 2. The van der Waals surface area contributed by atoms with Gasteiger partial charge in [-0.2, -0.15) is 5.10 Å². The van der Waals surface area contributed by atoms with E-state index >= 15 is 0 Å². The summed E-state index contributed by atoms with van der Waals surface area (Å²) in [4.78, 5) is 13.3. The van der Waals surface area contributed by atoms with Gasteiger partial charge in [0.05, 0.1) is 17.1 Å². The summed E-state index contributed by atoms with van der Waals surface area (Å²) in [5.41, 5.74) is 4.48. The summed E-state index contributed by atoms with van der Waals surface area (Å²) in [7, 11) is 0. The van der Waals surface area contributed by atoms with Crippen LogP contribution in [0.3, 0.4) is 0 Å². The van der Waals surface area contributed by atoms with Crippen LogP contribution in [0.25, 0.3) is 16.5 Å². The highest BCUT2D eigenvalue weighted by molar-refractivity contribution is 6.07. The van der Waals surface area contributed by atoms with E-state index in [1.54, 1.807) is 4.68 Å². The summed E-state index contributed by atoms with van der Waals surface area (Å²) < 4.78 is 7.25. The van der Waals surface area contributed by atoms with Crippen LogP contribution in [0.15, 0.2) is 66.7 Å². The van der Waals surface area contributed by atoms with Crippen molar-refractivity contribution in [2.45, 2.75) is 52.4 Å². The minimum absolute atomic E-state index is 0.166. The van der Waals surface area contributed by atoms with Crippen LogP contribution in [0.5, 0.6) is 0 Å². The van der Waals surface area contributed by atoms with E-state index in [4.69, 9.17) is 9.84 Å². The molecule has 1 fully saturated rings. The molecule has 5 rings (SSSR count). The average molecular weight is 521 g/mol. The van der Waals surface area contributed by atoms with Crippen molar-refractivity contribution in [2.75, 3.05) is 23.8 Å². The number of aromatic nitrogens is 2. The molecule has 1 saturated heterocycles. The number of benzene rings is 3. The van der Waals surface area contributed by atoms with Gasteiger partial charge < -0.3 is 10.1 Å². The second-order valence-corrected chi connectivity index (χ2v) is 11.3. The van der Waals surface area contributed by atoms with Crippen molar-refractivity contribution >= 4 is 28.3 Å². The molecule has 4 aromatic rings. The van der Waals surface area contributed by atoms with E-state index in [1.807, 2.05) is 67.6 Å². The first-order chi connectivity index (χ1) is 18.8. The molecule has 0 spiro atoms. The van der Waals surface area contributed by atoms with Gasteiger partial charge in [0.25, 0.3) is 0 Å². The van der Waals surface area contributed by atoms with Crippen molar-refractivity contribution in [3.05, 3.63) is 83.6 Å². The van der Waals surface area contributed by atoms with E-state index in [1.165, 1.54) is 0 Å². The Morgan fingerprint density at radius 2 is 1.72 bits per heavy atom. The average Bonchev–Trinajstić information content (AvgIpc) is 3.35. The van der Waals surface area contributed by atoms with Crippen LogP contribution in [0.2, 0.25) is 0 Å². The first-order valence-electron chi connectivity index (χ1n) is 13.6. The van der Waals surface area contributed by atoms with E-state index in [-0.39, 0.29) is 11.4 Å². The fraction of sp³-hybridized carbons (Fsp3) is 0.333. The fourth-order valence-corrected chi connectivity index (χ4v) is 4.75. The molecule has 0 radical (unpaired) electrons. The number of amides is 2. The van der Waals surface area contributed by atoms with Crippen LogP contribution in [0.1, 0.15) is 56.9 Å². The summed E-state index contributed by atoms with van der Waals surface area (Å²) in [6.07, 6.45) is 3.03. The zero-order chi connectivity index (χ0) is 27.4. The summed E-state index contributed by atoms with van der Waals surface area (Å²) in [5, 5.41) is 12.9. The predicted molar refractivity (Wildman–Crippen MR) is 159 cm³/mol. The Morgan fingerprint density at radius 1 is 1.00 bits per heavy atom. The Kier molecular flexibility index (Phi) is 7.72. The van der Waals surface area contributed by atoms with Crippen LogP contribution in [-0.4, -0.2) is 29.0 Å². The molecule has 200 valence electrons. The summed E-state index contributed by atoms with van der Waals surface area (Å²) in [5.74, 6) is 7.97. The molecule has 0 unspecified atom stereocenters. The monoisotopic (exact) mass is 520 g/mol. The highest BCUT2D eigenvalue weighted by Gasteiger charge is 2.22. The number of carbonyl (C=O) groups is 1. The number of rotatable bonds is 4. The normalized spacial score (nSPS) is 14.1. The number of fused-ring (bicyclic) bond motifs is 1. The van der Waals surface area contributed by atoms with E-state index < -0.39 is 0 Å². The van der Waals surface area contributed by atoms with Gasteiger partial charge in [-0.05, 0) is 55.3 Å². The summed E-state index contributed by atoms with van der Waals surface area (Å²) >= 11 is 0. The largest absolute Gasteiger partial charge is 0.381 e. The van der Waals surface area contributed by atoms with Crippen molar-refractivity contribution in [3.63, 3.8) is 0 Å². The van der Waals surface area contributed by atoms with Gasteiger partial charge in [0.1, 0.15) is 5.82 Å². The Hall–Kier alpha value is -4.08. The van der Waals surface area contributed by atoms with Gasteiger partial charge in [0, 0.05) is 42.1 Å². The molecule has 0 bridgehead atoms. The second kappa shape index (κ2) is 11.3. The topological polar surface area (TPSA) is 68.2 Å². The van der Waals surface area contributed by atoms with Gasteiger partial charge in [-0.3, -0.25) is 5.32 Å². The van der Waals surface area contributed by atoms with Crippen LogP contribution in [-0.2, 0) is 10.2 Å². The highest BCUT2D eigenvalue weighted by atomic mass is 16.5. The second-order valence-electron chi connectivity index (χ2n) is 11.3. The molecule has 1 aliphatic rings. The van der Waals surface area contributed by atoms with Crippen molar-refractivity contribution in [3.8, 4) is 17.5 Å². The van der Waals surface area contributed by atoms with Crippen LogP contribution in [0, 0.1) is 24.7 Å². The third kappa shape index (κ3) is 6.32. The lowest BCUT2D eigenvalue weighted by Crippen LogP contribution is -2.21. The maximum atomic E-state index is 13.3. The fourth-order valence-electron chi connectivity index (χ4n) is 4.75. The lowest BCUT2D eigenvalue weighted by Gasteiger charge is -2.19. The molecule has 1 aromatic heterocycles. The lowest BCUT2D eigenvalue weighted by atomic mass is 9.92. The van der Waals surface area contributed by atoms with Crippen molar-refractivity contribution in [1.82, 2.24) is 9.78 Å². The van der Waals surface area contributed by atoms with E-state index in [9.17, 15) is 4.79 Å². The molecule has 6 nitrogen and oxygen atoms in total. The molecule has 0 saturated carbocycles. The number of urea groups is 1. The van der Waals surface area contributed by atoms with Gasteiger partial charge >= 0.3 is 6.03 Å². The number of carbonyl (C=O) groups excluding carboxylic acids is 1. The number of anilines is 2. The Balaban J connectivity index is 1.38. The van der Waals surface area contributed by atoms with Crippen LogP contribution in [0.4, 0.5) is 16.3 Å². The van der Waals surface area contributed by atoms with Gasteiger partial charge in [-0.1, -0.05) is 74.6 Å². The molecule has 1 aliphatic heterocycles. The van der Waals surface area contributed by atoms with Crippen molar-refractivity contribution in [1.29, 1.82) is 0 Å². The van der Waals surface area contributed by atoms with Gasteiger partial charge in [-0.15, -0.1) is 0 Å². The molecule has 0 aliphatic carbocycles. The third-order valence-electron chi connectivity index (χ3n) is 7.12. The van der Waals surface area contributed by atoms with Crippen LogP contribution < -0.4 is 10.6 Å². The van der Waals surface area contributed by atoms with Gasteiger partial charge in [0.2, 0.25) is 0 Å². The third-order valence-corrected chi connectivity index (χ3v) is 7.12. The zero-order valence-corrected chi connectivity index (χ0v) is 23.2. The smallest absolute Gasteiger partial charge is 0.324 e. The van der Waals surface area contributed by atoms with Gasteiger partial charge in [0.15, 0.2) is 0 Å². The minimum atomic E-state index is -0.327. The Bertz CT molecular complexity index is 1530. The first kappa shape index (κ1) is 26.5. The maximum Gasteiger partial charge on any atom is 0.324 e. The summed E-state index contributed by atoms with van der Waals surface area (Å²) in [6.45, 7) is 10.0. The minimum Gasteiger partial charge on any atom is -0.381 e. The highest BCUT2D eigenvalue weighted by Crippen LogP contribution is 2.29. The Labute approximate surface area is 230 Å². The standard InChI is InChI=1S/C33H36N4O2/c1-23-12-15-26(16-13-23)37-31(22-30(36-37)33(2,3)4)35-32(38)34-29-17-14-25(27-10-5-6-11-28(27)29)9-7-8-24-18-20-39-21-19-24/h5-6,10-17,22,24H,8,18-21H2,1-4H3,(H2,34,35,38). The quantitative estimate of drug-likeness (QED) is 0.275. The zero-order valence-electron chi connectivity index (χ0n) is 23.2. The lowest BCUT2D eigenvalue weighted by molar-refractivity contribution is 0.0678. The summed E-state index contributed by atoms with van der Waals surface area (Å²) in [6, 6.07) is 21.7. The van der Waals surface area contributed by atoms with E-state index in [0.29, 0.717) is 11.7 Å². The molecule has 39 heavy (non-hydrogen) atoms. The number of aryl methyl sites for hydroxylation is 1. The SMILES string of the molecule is Cc1ccc(-n2nc(C(C)(C)C)cc2NC(=O)Nc2ccc(C#CCC3CCOCC3)c3ccccc23)cc1. The molecule has 0 atom stereocenters. The molecule has 2 N–H and O–H groups in total. The Morgan fingerprint density at radius 3 is 2.44 bits per heavy atom. The first-order valence-corrected chi connectivity index (χ1v) is 13.6. The van der Waals surface area contributed by atoms with Crippen LogP contribution >= 0.6 is 0 Å². The van der Waals surface area contributed by atoms with Gasteiger partial charge in [-0.25, -0.2) is 9.48 Å². The van der Waals surface area contributed by atoms with E-state index in [0.717, 1.165) is 71.4 Å². The molecular weight excluding hydrogens is 484 g/mol. The molecule has 2 heterocycles.